The SMILES string of the molecule is O=C(OCc1ncc(-c2ccc(Cl)cc2)o1)c1ccc([N+](=O)[O-])cc1Cl. The van der Waals surface area contributed by atoms with Gasteiger partial charge in [-0.25, -0.2) is 9.78 Å². The first-order valence-corrected chi connectivity index (χ1v) is 8.01. The zero-order valence-electron chi connectivity index (χ0n) is 13.0. The summed E-state index contributed by atoms with van der Waals surface area (Å²) >= 11 is 11.7. The highest BCUT2D eigenvalue weighted by molar-refractivity contribution is 6.33. The molecule has 0 unspecified atom stereocenters. The number of aromatic nitrogens is 1. The second kappa shape index (κ2) is 7.55. The Morgan fingerprint density at radius 2 is 1.92 bits per heavy atom. The van der Waals surface area contributed by atoms with Gasteiger partial charge < -0.3 is 9.15 Å². The molecule has 0 atom stereocenters. The summed E-state index contributed by atoms with van der Waals surface area (Å²) in [5.74, 6) is -0.0430. The number of nitro benzene ring substituents is 1. The number of non-ortho nitro benzene ring substituents is 1. The zero-order valence-corrected chi connectivity index (χ0v) is 14.5. The molecule has 7 nitrogen and oxygen atoms in total. The quantitative estimate of drug-likeness (QED) is 0.347. The standard InChI is InChI=1S/C17H10Cl2N2O5/c18-11-3-1-10(2-4-11)15-8-20-16(26-15)9-25-17(22)13-6-5-12(21(23)24)7-14(13)19/h1-8H,9H2. The number of hydrogen-bond acceptors (Lipinski definition) is 6. The van der Waals surface area contributed by atoms with Crippen LogP contribution in [0.25, 0.3) is 11.3 Å². The Morgan fingerprint density at radius 3 is 2.58 bits per heavy atom. The van der Waals surface area contributed by atoms with Crippen molar-refractivity contribution < 1.29 is 18.9 Å². The highest BCUT2D eigenvalue weighted by atomic mass is 35.5. The van der Waals surface area contributed by atoms with Crippen LogP contribution in [0.15, 0.2) is 53.1 Å². The average molecular weight is 393 g/mol. The van der Waals surface area contributed by atoms with Gasteiger partial charge in [-0.15, -0.1) is 0 Å². The molecule has 0 bridgehead atoms. The summed E-state index contributed by atoms with van der Waals surface area (Å²) in [4.78, 5) is 26.2. The van der Waals surface area contributed by atoms with E-state index in [0.29, 0.717) is 10.8 Å². The first kappa shape index (κ1) is 17.9. The van der Waals surface area contributed by atoms with E-state index in [1.807, 2.05) is 0 Å². The molecular weight excluding hydrogens is 383 g/mol. The second-order valence-electron chi connectivity index (χ2n) is 5.12. The van der Waals surface area contributed by atoms with Gasteiger partial charge in [0, 0.05) is 22.7 Å². The molecule has 0 amide bonds. The van der Waals surface area contributed by atoms with Crippen LogP contribution in [0.2, 0.25) is 10.0 Å². The third-order valence-corrected chi connectivity index (χ3v) is 3.96. The van der Waals surface area contributed by atoms with Crippen LogP contribution >= 0.6 is 23.2 Å². The van der Waals surface area contributed by atoms with E-state index in [0.717, 1.165) is 11.6 Å². The van der Waals surface area contributed by atoms with Crippen molar-refractivity contribution in [2.24, 2.45) is 0 Å². The van der Waals surface area contributed by atoms with Crippen LogP contribution in [0.4, 0.5) is 5.69 Å². The zero-order chi connectivity index (χ0) is 18.7. The largest absolute Gasteiger partial charge is 0.452 e. The molecule has 3 aromatic rings. The van der Waals surface area contributed by atoms with Crippen LogP contribution in [-0.4, -0.2) is 15.9 Å². The van der Waals surface area contributed by atoms with Crippen molar-refractivity contribution in [2.75, 3.05) is 0 Å². The summed E-state index contributed by atoms with van der Waals surface area (Å²) < 4.78 is 10.6. The minimum atomic E-state index is -0.740. The van der Waals surface area contributed by atoms with Gasteiger partial charge in [0.15, 0.2) is 12.4 Å². The van der Waals surface area contributed by atoms with Crippen LogP contribution in [0.5, 0.6) is 0 Å². The van der Waals surface area contributed by atoms with E-state index in [4.69, 9.17) is 32.4 Å². The van der Waals surface area contributed by atoms with Crippen molar-refractivity contribution in [3.05, 3.63) is 80.3 Å². The highest BCUT2D eigenvalue weighted by Gasteiger charge is 2.17. The van der Waals surface area contributed by atoms with Gasteiger partial charge in [-0.3, -0.25) is 10.1 Å². The Morgan fingerprint density at radius 1 is 1.19 bits per heavy atom. The molecule has 0 radical (unpaired) electrons. The predicted octanol–water partition coefficient (Wildman–Crippen LogP) is 4.91. The molecule has 26 heavy (non-hydrogen) atoms. The Bertz CT molecular complexity index is 970. The molecular formula is C17H10Cl2N2O5. The number of halogens is 2. The monoisotopic (exact) mass is 392 g/mol. The second-order valence-corrected chi connectivity index (χ2v) is 5.97. The summed E-state index contributed by atoms with van der Waals surface area (Å²) in [6.45, 7) is -0.209. The van der Waals surface area contributed by atoms with Gasteiger partial charge in [0.05, 0.1) is 21.7 Å². The molecule has 132 valence electrons. The van der Waals surface area contributed by atoms with Crippen LogP contribution in [-0.2, 0) is 11.3 Å². The Labute approximate surface area is 157 Å². The Balaban J connectivity index is 1.67. The molecule has 0 saturated carbocycles. The first-order chi connectivity index (χ1) is 12.4. The number of nitrogens with zero attached hydrogens (tertiary/aromatic N) is 2. The van der Waals surface area contributed by atoms with E-state index in [-0.39, 0.29) is 28.8 Å². The average Bonchev–Trinajstić information content (AvgIpc) is 3.09. The third kappa shape index (κ3) is 4.01. The van der Waals surface area contributed by atoms with Crippen molar-refractivity contribution in [1.82, 2.24) is 4.98 Å². The number of nitro groups is 1. The lowest BCUT2D eigenvalue weighted by atomic mass is 10.2. The van der Waals surface area contributed by atoms with Gasteiger partial charge in [-0.2, -0.15) is 0 Å². The molecule has 0 saturated heterocycles. The van der Waals surface area contributed by atoms with Gasteiger partial charge in [0.2, 0.25) is 5.89 Å². The first-order valence-electron chi connectivity index (χ1n) is 7.26. The van der Waals surface area contributed by atoms with Gasteiger partial charge in [0.1, 0.15) is 0 Å². The van der Waals surface area contributed by atoms with E-state index in [1.54, 1.807) is 24.3 Å². The normalized spacial score (nSPS) is 10.5. The predicted molar refractivity (Wildman–Crippen MR) is 94.2 cm³/mol. The van der Waals surface area contributed by atoms with Gasteiger partial charge in [0.25, 0.3) is 5.69 Å². The smallest absolute Gasteiger partial charge is 0.340 e. The number of carbonyl (C=O) groups excluding carboxylic acids is 1. The molecule has 0 aliphatic rings. The summed E-state index contributed by atoms with van der Waals surface area (Å²) in [7, 11) is 0. The highest BCUT2D eigenvalue weighted by Crippen LogP contribution is 2.25. The summed E-state index contributed by atoms with van der Waals surface area (Å²) in [6.07, 6.45) is 1.51. The van der Waals surface area contributed by atoms with Crippen LogP contribution < -0.4 is 0 Å². The van der Waals surface area contributed by atoms with E-state index < -0.39 is 10.9 Å². The van der Waals surface area contributed by atoms with Gasteiger partial charge in [-0.05, 0) is 30.3 Å². The lowest BCUT2D eigenvalue weighted by Crippen LogP contribution is -2.06. The van der Waals surface area contributed by atoms with E-state index in [9.17, 15) is 14.9 Å². The van der Waals surface area contributed by atoms with Crippen LogP contribution in [0.1, 0.15) is 16.2 Å². The Hall–Kier alpha value is -2.90. The summed E-state index contributed by atoms with van der Waals surface area (Å²) in [5, 5.41) is 11.2. The van der Waals surface area contributed by atoms with Crippen molar-refractivity contribution in [1.29, 1.82) is 0 Å². The number of carbonyl (C=O) groups is 1. The fourth-order valence-corrected chi connectivity index (χ4v) is 2.49. The van der Waals surface area contributed by atoms with Crippen LogP contribution in [0, 0.1) is 10.1 Å². The fourth-order valence-electron chi connectivity index (χ4n) is 2.11. The van der Waals surface area contributed by atoms with Gasteiger partial charge in [-0.1, -0.05) is 23.2 Å². The van der Waals surface area contributed by atoms with Crippen LogP contribution in [0.3, 0.4) is 0 Å². The lowest BCUT2D eigenvalue weighted by molar-refractivity contribution is -0.384. The molecule has 0 N–H and O–H groups in total. The topological polar surface area (TPSA) is 95.5 Å². The van der Waals surface area contributed by atoms with E-state index in [2.05, 4.69) is 4.98 Å². The maximum atomic E-state index is 12.1. The molecule has 1 aromatic heterocycles. The summed E-state index contributed by atoms with van der Waals surface area (Å²) in [6, 6.07) is 10.5. The summed E-state index contributed by atoms with van der Waals surface area (Å²) in [5.41, 5.74) is 0.575. The number of hydrogen-bond donors (Lipinski definition) is 0. The molecule has 9 heteroatoms. The molecule has 2 aromatic carbocycles. The fraction of sp³-hybridized carbons (Fsp3) is 0.0588. The molecule has 1 heterocycles. The minimum absolute atomic E-state index is 0.0155. The van der Waals surface area contributed by atoms with Crippen molar-refractivity contribution in [3.8, 4) is 11.3 Å². The lowest BCUT2D eigenvalue weighted by Gasteiger charge is -2.04. The van der Waals surface area contributed by atoms with Crippen molar-refractivity contribution in [3.63, 3.8) is 0 Å². The maximum Gasteiger partial charge on any atom is 0.340 e. The number of rotatable bonds is 5. The molecule has 0 aliphatic heterocycles. The number of benzene rings is 2. The Kier molecular flexibility index (Phi) is 5.20. The van der Waals surface area contributed by atoms with E-state index in [1.165, 1.54) is 18.3 Å². The van der Waals surface area contributed by atoms with Gasteiger partial charge >= 0.3 is 5.97 Å². The maximum absolute atomic E-state index is 12.1. The minimum Gasteiger partial charge on any atom is -0.452 e. The number of oxazole rings is 1. The van der Waals surface area contributed by atoms with E-state index >= 15 is 0 Å². The van der Waals surface area contributed by atoms with Crippen molar-refractivity contribution >= 4 is 34.9 Å². The number of ether oxygens (including phenoxy) is 1. The number of esters is 1. The molecule has 3 rings (SSSR count). The third-order valence-electron chi connectivity index (χ3n) is 3.39. The molecule has 0 aliphatic carbocycles. The molecule has 0 spiro atoms. The van der Waals surface area contributed by atoms with Crippen molar-refractivity contribution in [2.45, 2.75) is 6.61 Å². The molecule has 0 fully saturated rings.